The second-order valence-electron chi connectivity index (χ2n) is 7.99. The Morgan fingerprint density at radius 2 is 1.93 bits per heavy atom. The molecule has 1 fully saturated rings. The molecule has 1 aliphatic carbocycles. The first-order chi connectivity index (χ1) is 13.9. The van der Waals surface area contributed by atoms with Crippen molar-refractivity contribution in [1.29, 1.82) is 0 Å². The minimum atomic E-state index is -0.495. The molecule has 0 bridgehead atoms. The summed E-state index contributed by atoms with van der Waals surface area (Å²) in [7, 11) is 0. The van der Waals surface area contributed by atoms with Crippen LogP contribution in [0.5, 0.6) is 0 Å². The van der Waals surface area contributed by atoms with Crippen molar-refractivity contribution in [3.63, 3.8) is 0 Å². The number of fused-ring (bicyclic) bond motifs is 1. The van der Waals surface area contributed by atoms with Crippen LogP contribution in [0.2, 0.25) is 0 Å². The lowest BCUT2D eigenvalue weighted by Gasteiger charge is -2.23. The zero-order valence-corrected chi connectivity index (χ0v) is 16.6. The molecule has 0 atom stereocenters. The summed E-state index contributed by atoms with van der Waals surface area (Å²) < 4.78 is 14.8. The molecular weight excluding hydrogens is 369 g/mol. The smallest absolute Gasteiger partial charge is 0.261 e. The number of rotatable bonds is 6. The fourth-order valence-corrected chi connectivity index (χ4v) is 3.49. The van der Waals surface area contributed by atoms with Crippen molar-refractivity contribution in [2.24, 2.45) is 0 Å². The van der Waals surface area contributed by atoms with E-state index in [4.69, 9.17) is 0 Å². The van der Waals surface area contributed by atoms with Crippen molar-refractivity contribution in [1.82, 2.24) is 14.5 Å². The van der Waals surface area contributed by atoms with Crippen molar-refractivity contribution >= 4 is 16.8 Å². The van der Waals surface area contributed by atoms with Crippen LogP contribution in [0.15, 0.2) is 53.6 Å². The molecule has 4 rings (SSSR count). The van der Waals surface area contributed by atoms with Crippen LogP contribution < -0.4 is 5.56 Å². The van der Waals surface area contributed by atoms with E-state index in [9.17, 15) is 14.0 Å². The molecule has 2 aromatic carbocycles. The first-order valence-electron chi connectivity index (χ1n) is 9.95. The topological polar surface area (TPSA) is 55.2 Å². The highest BCUT2D eigenvalue weighted by Gasteiger charge is 2.32. The van der Waals surface area contributed by atoms with Gasteiger partial charge in [-0.3, -0.25) is 14.2 Å². The van der Waals surface area contributed by atoms with Crippen LogP contribution in [-0.2, 0) is 17.9 Å². The quantitative estimate of drug-likeness (QED) is 0.639. The number of carbonyl (C=O) groups excluding carboxylic acids is 1. The van der Waals surface area contributed by atoms with E-state index in [1.807, 2.05) is 4.90 Å². The molecule has 1 amide bonds. The van der Waals surface area contributed by atoms with E-state index in [2.05, 4.69) is 43.1 Å². The highest BCUT2D eigenvalue weighted by atomic mass is 19.1. The summed E-state index contributed by atoms with van der Waals surface area (Å²) in [4.78, 5) is 31.7. The Morgan fingerprint density at radius 1 is 1.21 bits per heavy atom. The Balaban J connectivity index is 1.54. The van der Waals surface area contributed by atoms with Crippen LogP contribution in [0.4, 0.5) is 4.39 Å². The van der Waals surface area contributed by atoms with Gasteiger partial charge in [0.05, 0.1) is 17.2 Å². The molecule has 0 aliphatic heterocycles. The summed E-state index contributed by atoms with van der Waals surface area (Å²) in [6.45, 7) is 4.72. The van der Waals surface area contributed by atoms with E-state index in [1.165, 1.54) is 34.7 Å². The monoisotopic (exact) mass is 393 g/mol. The van der Waals surface area contributed by atoms with Gasteiger partial charge < -0.3 is 4.90 Å². The second-order valence-corrected chi connectivity index (χ2v) is 7.99. The number of nitrogens with zero attached hydrogens (tertiary/aromatic N) is 3. The molecule has 0 N–H and O–H groups in total. The minimum Gasteiger partial charge on any atom is -0.334 e. The first-order valence-corrected chi connectivity index (χ1v) is 9.95. The molecule has 1 aliphatic rings. The highest BCUT2D eigenvalue weighted by molar-refractivity contribution is 5.79. The Morgan fingerprint density at radius 3 is 2.59 bits per heavy atom. The van der Waals surface area contributed by atoms with Crippen molar-refractivity contribution in [2.75, 3.05) is 0 Å². The maximum Gasteiger partial charge on any atom is 0.261 e. The molecule has 0 saturated heterocycles. The van der Waals surface area contributed by atoms with Crippen LogP contribution in [0, 0.1) is 5.82 Å². The lowest BCUT2D eigenvalue weighted by atomic mass is 10.0. The molecule has 150 valence electrons. The number of carbonyl (C=O) groups is 1. The lowest BCUT2D eigenvalue weighted by Crippen LogP contribution is -2.37. The summed E-state index contributed by atoms with van der Waals surface area (Å²) >= 11 is 0. The SMILES string of the molecule is CC(C)c1ccc(CN(C(=O)Cn2cnc3ccc(F)cc3c2=O)C2CC2)cc1. The number of hydrogen-bond donors (Lipinski definition) is 0. The van der Waals surface area contributed by atoms with Gasteiger partial charge in [0.2, 0.25) is 5.91 Å². The van der Waals surface area contributed by atoms with Gasteiger partial charge in [0, 0.05) is 12.6 Å². The number of amides is 1. The van der Waals surface area contributed by atoms with Gasteiger partial charge in [-0.1, -0.05) is 38.1 Å². The van der Waals surface area contributed by atoms with Crippen molar-refractivity contribution in [3.8, 4) is 0 Å². The number of benzene rings is 2. The van der Waals surface area contributed by atoms with Crippen molar-refractivity contribution in [3.05, 3.63) is 76.1 Å². The predicted octanol–water partition coefficient (Wildman–Crippen LogP) is 3.85. The molecule has 0 radical (unpaired) electrons. The molecule has 5 nitrogen and oxygen atoms in total. The maximum absolute atomic E-state index is 13.5. The third-order valence-corrected chi connectivity index (χ3v) is 5.40. The summed E-state index contributed by atoms with van der Waals surface area (Å²) in [5, 5.41) is 0.183. The van der Waals surface area contributed by atoms with Gasteiger partial charge in [-0.05, 0) is 48.1 Å². The third kappa shape index (κ3) is 4.21. The van der Waals surface area contributed by atoms with Crippen LogP contribution >= 0.6 is 0 Å². The van der Waals surface area contributed by atoms with Gasteiger partial charge in [0.1, 0.15) is 12.4 Å². The Hall–Kier alpha value is -3.02. The Kier molecular flexibility index (Phi) is 5.18. The van der Waals surface area contributed by atoms with E-state index in [0.717, 1.165) is 18.4 Å². The fourth-order valence-electron chi connectivity index (χ4n) is 3.49. The van der Waals surface area contributed by atoms with Gasteiger partial charge in [-0.15, -0.1) is 0 Å². The van der Waals surface area contributed by atoms with Crippen LogP contribution in [0.25, 0.3) is 10.9 Å². The van der Waals surface area contributed by atoms with E-state index < -0.39 is 11.4 Å². The third-order valence-electron chi connectivity index (χ3n) is 5.40. The van der Waals surface area contributed by atoms with Crippen molar-refractivity contribution < 1.29 is 9.18 Å². The molecule has 6 heteroatoms. The van der Waals surface area contributed by atoms with E-state index in [-0.39, 0.29) is 23.9 Å². The Bertz CT molecular complexity index is 1100. The molecule has 0 unspecified atom stereocenters. The highest BCUT2D eigenvalue weighted by Crippen LogP contribution is 2.29. The molecule has 1 heterocycles. The zero-order chi connectivity index (χ0) is 20.5. The van der Waals surface area contributed by atoms with Gasteiger partial charge in [-0.2, -0.15) is 0 Å². The second kappa shape index (κ2) is 7.78. The van der Waals surface area contributed by atoms with E-state index in [1.54, 1.807) is 0 Å². The van der Waals surface area contributed by atoms with Crippen LogP contribution in [0.1, 0.15) is 43.7 Å². The largest absolute Gasteiger partial charge is 0.334 e. The molecule has 1 aromatic heterocycles. The average Bonchev–Trinajstić information content (AvgIpc) is 3.54. The normalized spacial score (nSPS) is 13.8. The van der Waals surface area contributed by atoms with Gasteiger partial charge in [-0.25, -0.2) is 9.37 Å². The van der Waals surface area contributed by atoms with Gasteiger partial charge >= 0.3 is 0 Å². The minimum absolute atomic E-state index is 0.0983. The Labute approximate surface area is 168 Å². The van der Waals surface area contributed by atoms with Gasteiger partial charge in [0.15, 0.2) is 0 Å². The molecule has 0 spiro atoms. The van der Waals surface area contributed by atoms with Crippen LogP contribution in [-0.4, -0.2) is 26.4 Å². The molecule has 1 saturated carbocycles. The van der Waals surface area contributed by atoms with Crippen molar-refractivity contribution in [2.45, 2.75) is 51.7 Å². The van der Waals surface area contributed by atoms with E-state index in [0.29, 0.717) is 18.0 Å². The number of aromatic nitrogens is 2. The number of hydrogen-bond acceptors (Lipinski definition) is 3. The van der Waals surface area contributed by atoms with Gasteiger partial charge in [0.25, 0.3) is 5.56 Å². The molecule has 29 heavy (non-hydrogen) atoms. The van der Waals surface area contributed by atoms with E-state index >= 15 is 0 Å². The molecular formula is C23H24FN3O2. The molecule has 3 aromatic rings. The summed E-state index contributed by atoms with van der Waals surface area (Å²) in [5.74, 6) is -0.160. The standard InChI is InChI=1S/C23H24FN3O2/c1-15(2)17-5-3-16(4-6-17)12-27(19-8-9-19)22(28)13-26-14-25-21-10-7-18(24)11-20(21)23(26)29/h3-7,10-11,14-15,19H,8-9,12-13H2,1-2H3. The maximum atomic E-state index is 13.5. The fraction of sp³-hybridized carbons (Fsp3) is 0.348. The summed E-state index contributed by atoms with van der Waals surface area (Å²) in [6, 6.07) is 12.4. The number of halogens is 1. The van der Waals surface area contributed by atoms with Crippen LogP contribution in [0.3, 0.4) is 0 Å². The average molecular weight is 393 g/mol. The predicted molar refractivity (Wildman–Crippen MR) is 110 cm³/mol. The summed E-state index contributed by atoms with van der Waals surface area (Å²) in [5.41, 5.74) is 2.35. The first kappa shape index (κ1) is 19.3. The lowest BCUT2D eigenvalue weighted by molar-refractivity contribution is -0.133. The zero-order valence-electron chi connectivity index (χ0n) is 16.6. The summed E-state index contributed by atoms with van der Waals surface area (Å²) in [6.07, 6.45) is 3.32.